The lowest BCUT2D eigenvalue weighted by Gasteiger charge is -2.05. The molecule has 0 saturated heterocycles. The minimum Gasteiger partial charge on any atom is -0.398 e. The minimum absolute atomic E-state index is 0.0577. The van der Waals surface area contributed by atoms with E-state index in [1.165, 1.54) is 6.20 Å². The Labute approximate surface area is 126 Å². The van der Waals surface area contributed by atoms with Gasteiger partial charge < -0.3 is 10.7 Å². The van der Waals surface area contributed by atoms with E-state index in [1.54, 1.807) is 12.1 Å². The summed E-state index contributed by atoms with van der Waals surface area (Å²) in [7, 11) is 0. The number of H-pyrrole nitrogens is 1. The number of aromatic amines is 1. The third-order valence-electron chi connectivity index (χ3n) is 3.23. The number of carbonyl (C=O) groups is 1. The quantitative estimate of drug-likeness (QED) is 0.541. The molecule has 1 aromatic heterocycles. The maximum atomic E-state index is 13.3. The number of hydrogen-bond acceptors (Lipinski definition) is 2. The SMILES string of the molecule is Nc1cc(F)c(F)cc1C(=O)c1c[nH]c2cc(Br)ccc12. The topological polar surface area (TPSA) is 58.9 Å². The van der Waals surface area contributed by atoms with Gasteiger partial charge in [0.1, 0.15) is 0 Å². The van der Waals surface area contributed by atoms with Crippen LogP contribution in [0.4, 0.5) is 14.5 Å². The summed E-state index contributed by atoms with van der Waals surface area (Å²) in [5.74, 6) is -2.64. The average molecular weight is 351 g/mol. The van der Waals surface area contributed by atoms with E-state index in [2.05, 4.69) is 20.9 Å². The number of carbonyl (C=O) groups excluding carboxylic acids is 1. The Morgan fingerprint density at radius 3 is 2.57 bits per heavy atom. The van der Waals surface area contributed by atoms with E-state index < -0.39 is 17.4 Å². The molecule has 0 aliphatic heterocycles. The highest BCUT2D eigenvalue weighted by Crippen LogP contribution is 2.26. The fraction of sp³-hybridized carbons (Fsp3) is 0. The third-order valence-corrected chi connectivity index (χ3v) is 3.72. The van der Waals surface area contributed by atoms with Gasteiger partial charge in [-0.25, -0.2) is 8.78 Å². The highest BCUT2D eigenvalue weighted by molar-refractivity contribution is 9.10. The summed E-state index contributed by atoms with van der Waals surface area (Å²) in [4.78, 5) is 15.5. The first-order chi connectivity index (χ1) is 9.97. The molecule has 2 aromatic carbocycles. The van der Waals surface area contributed by atoms with Crippen LogP contribution >= 0.6 is 15.9 Å². The largest absolute Gasteiger partial charge is 0.398 e. The van der Waals surface area contributed by atoms with Crippen LogP contribution in [0.15, 0.2) is 41.0 Å². The minimum atomic E-state index is -1.10. The van der Waals surface area contributed by atoms with Crippen molar-refractivity contribution in [3.05, 3.63) is 63.8 Å². The van der Waals surface area contributed by atoms with Gasteiger partial charge in [0, 0.05) is 44.5 Å². The number of nitrogens with two attached hydrogens (primary N) is 1. The van der Waals surface area contributed by atoms with Crippen LogP contribution in [0.3, 0.4) is 0 Å². The van der Waals surface area contributed by atoms with Crippen molar-refractivity contribution in [3.63, 3.8) is 0 Å². The molecule has 0 aliphatic carbocycles. The number of nitrogen functional groups attached to an aromatic ring is 1. The number of aromatic nitrogens is 1. The normalized spacial score (nSPS) is 11.0. The molecule has 3 aromatic rings. The lowest BCUT2D eigenvalue weighted by molar-refractivity contribution is 0.104. The highest BCUT2D eigenvalue weighted by Gasteiger charge is 2.19. The van der Waals surface area contributed by atoms with Crippen molar-refractivity contribution in [2.24, 2.45) is 0 Å². The van der Waals surface area contributed by atoms with Crippen LogP contribution in [-0.4, -0.2) is 10.8 Å². The zero-order chi connectivity index (χ0) is 15.1. The van der Waals surface area contributed by atoms with Gasteiger partial charge in [0.2, 0.25) is 0 Å². The zero-order valence-electron chi connectivity index (χ0n) is 10.6. The molecular weight excluding hydrogens is 342 g/mol. The summed E-state index contributed by atoms with van der Waals surface area (Å²) in [6.45, 7) is 0. The second kappa shape index (κ2) is 4.96. The van der Waals surface area contributed by atoms with Crippen LogP contribution in [0.5, 0.6) is 0 Å². The molecule has 0 atom stereocenters. The van der Waals surface area contributed by atoms with Gasteiger partial charge in [-0.3, -0.25) is 4.79 Å². The first-order valence-electron chi connectivity index (χ1n) is 6.03. The number of hydrogen-bond donors (Lipinski definition) is 2. The molecule has 0 unspecified atom stereocenters. The number of rotatable bonds is 2. The van der Waals surface area contributed by atoms with Gasteiger partial charge in [-0.2, -0.15) is 0 Å². The van der Waals surface area contributed by atoms with Crippen molar-refractivity contribution in [2.75, 3.05) is 5.73 Å². The second-order valence-corrected chi connectivity index (χ2v) is 5.49. The maximum Gasteiger partial charge on any atom is 0.197 e. The molecule has 21 heavy (non-hydrogen) atoms. The Balaban J connectivity index is 2.15. The van der Waals surface area contributed by atoms with Gasteiger partial charge in [-0.05, 0) is 18.2 Å². The Morgan fingerprint density at radius 1 is 1.10 bits per heavy atom. The maximum absolute atomic E-state index is 13.3. The predicted molar refractivity (Wildman–Crippen MR) is 80.2 cm³/mol. The molecule has 0 spiro atoms. The molecule has 3 nitrogen and oxygen atoms in total. The molecule has 106 valence electrons. The molecule has 3 rings (SSSR count). The molecule has 6 heteroatoms. The Bertz CT molecular complexity index is 873. The summed E-state index contributed by atoms with van der Waals surface area (Å²) in [6.07, 6.45) is 1.53. The van der Waals surface area contributed by atoms with Crippen molar-refractivity contribution in [1.29, 1.82) is 0 Å². The summed E-state index contributed by atoms with van der Waals surface area (Å²) in [6, 6.07) is 7.01. The lowest BCUT2D eigenvalue weighted by atomic mass is 10.0. The van der Waals surface area contributed by atoms with Crippen molar-refractivity contribution < 1.29 is 13.6 Å². The van der Waals surface area contributed by atoms with E-state index in [9.17, 15) is 13.6 Å². The van der Waals surface area contributed by atoms with Crippen LogP contribution in [0.25, 0.3) is 10.9 Å². The molecule has 0 aliphatic rings. The molecule has 0 amide bonds. The van der Waals surface area contributed by atoms with Crippen molar-refractivity contribution >= 4 is 38.3 Å². The number of benzene rings is 2. The summed E-state index contributed by atoms with van der Waals surface area (Å²) in [5.41, 5.74) is 6.59. The molecule has 0 saturated carbocycles. The first kappa shape index (κ1) is 13.8. The van der Waals surface area contributed by atoms with Crippen molar-refractivity contribution in [3.8, 4) is 0 Å². The Kier molecular flexibility index (Phi) is 3.25. The molecule has 0 fully saturated rings. The fourth-order valence-electron chi connectivity index (χ4n) is 2.19. The third kappa shape index (κ3) is 2.31. The van der Waals surface area contributed by atoms with Crippen LogP contribution in [-0.2, 0) is 0 Å². The Morgan fingerprint density at radius 2 is 1.81 bits per heavy atom. The first-order valence-corrected chi connectivity index (χ1v) is 6.82. The van der Waals surface area contributed by atoms with Crippen LogP contribution in [0.2, 0.25) is 0 Å². The van der Waals surface area contributed by atoms with Crippen LogP contribution in [0, 0.1) is 11.6 Å². The average Bonchev–Trinajstić information content (AvgIpc) is 2.85. The van der Waals surface area contributed by atoms with Gasteiger partial charge in [0.05, 0.1) is 0 Å². The lowest BCUT2D eigenvalue weighted by Crippen LogP contribution is -2.06. The summed E-state index contributed by atoms with van der Waals surface area (Å²) >= 11 is 3.34. The summed E-state index contributed by atoms with van der Waals surface area (Å²) < 4.78 is 27.3. The fourth-order valence-corrected chi connectivity index (χ4v) is 2.55. The van der Waals surface area contributed by atoms with E-state index in [4.69, 9.17) is 5.73 Å². The molecule has 0 radical (unpaired) electrons. The predicted octanol–water partition coefficient (Wildman–Crippen LogP) is 4.02. The van der Waals surface area contributed by atoms with Crippen LogP contribution in [0.1, 0.15) is 15.9 Å². The van der Waals surface area contributed by atoms with E-state index in [-0.39, 0.29) is 11.3 Å². The number of halogens is 3. The zero-order valence-corrected chi connectivity index (χ0v) is 12.2. The van der Waals surface area contributed by atoms with Crippen LogP contribution < -0.4 is 5.73 Å². The van der Waals surface area contributed by atoms with E-state index in [0.717, 1.165) is 22.1 Å². The number of fused-ring (bicyclic) bond motifs is 1. The molecule has 1 heterocycles. The number of ketones is 1. The molecule has 3 N–H and O–H groups in total. The van der Waals surface area contributed by atoms with E-state index in [1.807, 2.05) is 6.07 Å². The number of nitrogens with one attached hydrogen (secondary N) is 1. The highest BCUT2D eigenvalue weighted by atomic mass is 79.9. The Hall–Kier alpha value is -2.21. The monoisotopic (exact) mass is 350 g/mol. The second-order valence-electron chi connectivity index (χ2n) is 4.57. The van der Waals surface area contributed by atoms with Gasteiger partial charge in [-0.1, -0.05) is 22.0 Å². The smallest absolute Gasteiger partial charge is 0.197 e. The van der Waals surface area contributed by atoms with Gasteiger partial charge in [0.25, 0.3) is 0 Å². The number of anilines is 1. The molecule has 0 bridgehead atoms. The summed E-state index contributed by atoms with van der Waals surface area (Å²) in [5, 5.41) is 0.687. The standard InChI is InChI=1S/C15H9BrF2N2O/c16-7-1-2-8-10(6-20-14(8)3-7)15(21)9-4-11(17)12(18)5-13(9)19/h1-6,20H,19H2. The van der Waals surface area contributed by atoms with Gasteiger partial charge in [0.15, 0.2) is 17.4 Å². The van der Waals surface area contributed by atoms with Crippen molar-refractivity contribution in [2.45, 2.75) is 0 Å². The van der Waals surface area contributed by atoms with Gasteiger partial charge in [-0.15, -0.1) is 0 Å². The van der Waals surface area contributed by atoms with E-state index >= 15 is 0 Å². The van der Waals surface area contributed by atoms with Crippen molar-refractivity contribution in [1.82, 2.24) is 4.98 Å². The van der Waals surface area contributed by atoms with E-state index in [0.29, 0.717) is 10.9 Å². The molecular formula is C15H9BrF2N2O. The van der Waals surface area contributed by atoms with Gasteiger partial charge >= 0.3 is 0 Å².